The number of hydrogen-bond donors (Lipinski definition) is 1. The van der Waals surface area contributed by atoms with Crippen LogP contribution >= 0.6 is 11.6 Å². The number of carbonyl (C=O) groups is 2. The Hall–Kier alpha value is -3.11. The molecular weight excluding hydrogens is 386 g/mol. The molecule has 3 aromatic rings. The number of nitrogens with one attached hydrogen (secondary N) is 1. The van der Waals surface area contributed by atoms with Crippen LogP contribution in [0.1, 0.15) is 22.6 Å². The van der Waals surface area contributed by atoms with Gasteiger partial charge in [-0.1, -0.05) is 72.3 Å². The smallest absolute Gasteiger partial charge is 0.328 e. The van der Waals surface area contributed by atoms with Gasteiger partial charge in [-0.15, -0.1) is 0 Å². The van der Waals surface area contributed by atoms with Crippen molar-refractivity contribution in [3.63, 3.8) is 0 Å². The Kier molecular flexibility index (Phi) is 5.36. The Morgan fingerprint density at radius 1 is 0.931 bits per heavy atom. The molecule has 0 spiro atoms. The molecule has 0 aliphatic heterocycles. The third-order valence-electron chi connectivity index (χ3n) is 5.25. The van der Waals surface area contributed by atoms with Crippen molar-refractivity contribution < 1.29 is 14.3 Å². The zero-order chi connectivity index (χ0) is 20.4. The molecule has 3 aromatic carbocycles. The molecule has 0 aromatic heterocycles. The number of methoxy groups -OCH3 is 1. The van der Waals surface area contributed by atoms with E-state index in [2.05, 4.69) is 5.32 Å². The molecule has 146 valence electrons. The molecule has 1 atom stereocenters. The van der Waals surface area contributed by atoms with E-state index in [0.29, 0.717) is 11.4 Å². The van der Waals surface area contributed by atoms with E-state index < -0.39 is 17.9 Å². The minimum atomic E-state index is -0.784. The van der Waals surface area contributed by atoms with E-state index in [1.165, 1.54) is 7.11 Å². The fourth-order valence-corrected chi connectivity index (χ4v) is 4.01. The molecule has 4 nitrogen and oxygen atoms in total. The van der Waals surface area contributed by atoms with E-state index >= 15 is 0 Å². The van der Waals surface area contributed by atoms with Crippen molar-refractivity contribution in [2.24, 2.45) is 0 Å². The number of benzene rings is 3. The summed E-state index contributed by atoms with van der Waals surface area (Å²) in [6, 6.07) is 22.2. The standard InChI is InChI=1S/C24H20ClNO3/c1-29-24(28)21(14-15-10-12-16(25)13-11-15)26-23(27)22-19-8-4-2-6-17(19)18-7-3-5-9-20(18)22/h2-13,21-22H,14H2,1H3,(H,26,27)/t21-/m0/s1. The summed E-state index contributed by atoms with van der Waals surface area (Å²) in [5, 5.41) is 3.53. The van der Waals surface area contributed by atoms with Gasteiger partial charge in [-0.3, -0.25) is 4.79 Å². The predicted octanol–water partition coefficient (Wildman–Crippen LogP) is 4.35. The van der Waals surface area contributed by atoms with Crippen molar-refractivity contribution in [1.29, 1.82) is 0 Å². The Morgan fingerprint density at radius 3 is 2.03 bits per heavy atom. The van der Waals surface area contributed by atoms with Gasteiger partial charge in [0.2, 0.25) is 5.91 Å². The number of fused-ring (bicyclic) bond motifs is 3. The van der Waals surface area contributed by atoms with Crippen molar-refractivity contribution in [2.45, 2.75) is 18.4 Å². The largest absolute Gasteiger partial charge is 0.467 e. The molecule has 0 unspecified atom stereocenters. The number of halogens is 1. The van der Waals surface area contributed by atoms with Crippen molar-refractivity contribution in [1.82, 2.24) is 5.32 Å². The Bertz CT molecular complexity index is 1020. The van der Waals surface area contributed by atoms with Gasteiger partial charge in [0.1, 0.15) is 6.04 Å². The van der Waals surface area contributed by atoms with Gasteiger partial charge < -0.3 is 10.1 Å². The zero-order valence-electron chi connectivity index (χ0n) is 15.9. The molecule has 1 amide bonds. The van der Waals surface area contributed by atoms with Gasteiger partial charge in [-0.05, 0) is 39.9 Å². The van der Waals surface area contributed by atoms with Gasteiger partial charge in [-0.25, -0.2) is 4.79 Å². The normalized spacial score (nSPS) is 13.3. The lowest BCUT2D eigenvalue weighted by Crippen LogP contribution is -2.45. The maximum atomic E-state index is 13.3. The van der Waals surface area contributed by atoms with Crippen molar-refractivity contribution in [2.75, 3.05) is 7.11 Å². The van der Waals surface area contributed by atoms with Crippen LogP contribution in [0.2, 0.25) is 5.02 Å². The molecule has 0 heterocycles. The summed E-state index contributed by atoms with van der Waals surface area (Å²) in [6.45, 7) is 0. The number of amides is 1. The monoisotopic (exact) mass is 405 g/mol. The number of ether oxygens (including phenoxy) is 1. The highest BCUT2D eigenvalue weighted by Gasteiger charge is 2.35. The van der Waals surface area contributed by atoms with Crippen molar-refractivity contribution in [3.05, 3.63) is 94.5 Å². The van der Waals surface area contributed by atoms with E-state index in [9.17, 15) is 9.59 Å². The molecule has 0 radical (unpaired) electrons. The van der Waals surface area contributed by atoms with Crippen LogP contribution in [0.25, 0.3) is 11.1 Å². The van der Waals surface area contributed by atoms with Gasteiger partial charge in [0, 0.05) is 11.4 Å². The molecule has 1 N–H and O–H groups in total. The van der Waals surface area contributed by atoms with E-state index in [0.717, 1.165) is 27.8 Å². The lowest BCUT2D eigenvalue weighted by molar-refractivity contribution is -0.145. The summed E-state index contributed by atoms with van der Waals surface area (Å²) in [4.78, 5) is 25.7. The van der Waals surface area contributed by atoms with Crippen LogP contribution in [0.3, 0.4) is 0 Å². The first kappa shape index (κ1) is 19.2. The second-order valence-electron chi connectivity index (χ2n) is 7.02. The Morgan fingerprint density at radius 2 is 1.48 bits per heavy atom. The summed E-state index contributed by atoms with van der Waals surface area (Å²) < 4.78 is 4.93. The summed E-state index contributed by atoms with van der Waals surface area (Å²) >= 11 is 5.94. The van der Waals surface area contributed by atoms with E-state index in [4.69, 9.17) is 16.3 Å². The van der Waals surface area contributed by atoms with Crippen LogP contribution in [-0.2, 0) is 20.7 Å². The average molecular weight is 406 g/mol. The molecule has 0 fully saturated rings. The highest BCUT2D eigenvalue weighted by Crippen LogP contribution is 2.44. The maximum Gasteiger partial charge on any atom is 0.328 e. The molecular formula is C24H20ClNO3. The van der Waals surface area contributed by atoms with Crippen molar-refractivity contribution >= 4 is 23.5 Å². The van der Waals surface area contributed by atoms with Gasteiger partial charge >= 0.3 is 5.97 Å². The Labute approximate surface area is 174 Å². The fraction of sp³-hybridized carbons (Fsp3) is 0.167. The van der Waals surface area contributed by atoms with Gasteiger partial charge in [0.15, 0.2) is 0 Å². The Balaban J connectivity index is 1.62. The van der Waals surface area contributed by atoms with Gasteiger partial charge in [0.25, 0.3) is 0 Å². The van der Waals surface area contributed by atoms with Crippen molar-refractivity contribution in [3.8, 4) is 11.1 Å². The third kappa shape index (κ3) is 3.76. The summed E-state index contributed by atoms with van der Waals surface area (Å²) in [7, 11) is 1.32. The molecule has 0 saturated heterocycles. The van der Waals surface area contributed by atoms with Crippen LogP contribution < -0.4 is 5.32 Å². The zero-order valence-corrected chi connectivity index (χ0v) is 16.6. The highest BCUT2D eigenvalue weighted by atomic mass is 35.5. The maximum absolute atomic E-state index is 13.3. The minimum Gasteiger partial charge on any atom is -0.467 e. The lowest BCUT2D eigenvalue weighted by Gasteiger charge is -2.20. The molecule has 0 saturated carbocycles. The third-order valence-corrected chi connectivity index (χ3v) is 5.50. The van der Waals surface area contributed by atoms with E-state index in [1.54, 1.807) is 12.1 Å². The molecule has 4 rings (SSSR count). The number of esters is 1. The first-order valence-corrected chi connectivity index (χ1v) is 9.77. The number of rotatable bonds is 5. The summed E-state index contributed by atoms with van der Waals surface area (Å²) in [6.07, 6.45) is 0.325. The number of carbonyl (C=O) groups excluding carboxylic acids is 2. The molecule has 1 aliphatic carbocycles. The molecule has 0 bridgehead atoms. The van der Waals surface area contributed by atoms with E-state index in [-0.39, 0.29) is 5.91 Å². The quantitative estimate of drug-likeness (QED) is 0.642. The van der Waals surface area contributed by atoms with Gasteiger partial charge in [-0.2, -0.15) is 0 Å². The average Bonchev–Trinajstić information content (AvgIpc) is 3.09. The molecule has 5 heteroatoms. The van der Waals surface area contributed by atoms with Crippen LogP contribution in [0, 0.1) is 0 Å². The molecule has 1 aliphatic rings. The summed E-state index contributed by atoms with van der Waals surface area (Å²) in [5.74, 6) is -1.15. The lowest BCUT2D eigenvalue weighted by atomic mass is 9.95. The topological polar surface area (TPSA) is 55.4 Å². The van der Waals surface area contributed by atoms with Crippen LogP contribution in [-0.4, -0.2) is 25.0 Å². The first-order valence-electron chi connectivity index (χ1n) is 9.39. The minimum absolute atomic E-state index is 0.216. The SMILES string of the molecule is COC(=O)[C@H](Cc1ccc(Cl)cc1)NC(=O)C1c2ccccc2-c2ccccc21. The predicted molar refractivity (Wildman–Crippen MR) is 113 cm³/mol. The second-order valence-corrected chi connectivity index (χ2v) is 7.46. The summed E-state index contributed by atoms with van der Waals surface area (Å²) in [5.41, 5.74) is 4.88. The highest BCUT2D eigenvalue weighted by molar-refractivity contribution is 6.30. The number of hydrogen-bond acceptors (Lipinski definition) is 3. The van der Waals surface area contributed by atoms with Crippen LogP contribution in [0.5, 0.6) is 0 Å². The fourth-order valence-electron chi connectivity index (χ4n) is 3.88. The first-order chi connectivity index (χ1) is 14.1. The van der Waals surface area contributed by atoms with Crippen LogP contribution in [0.15, 0.2) is 72.8 Å². The van der Waals surface area contributed by atoms with E-state index in [1.807, 2.05) is 60.7 Å². The van der Waals surface area contributed by atoms with Crippen LogP contribution in [0.4, 0.5) is 0 Å². The molecule has 29 heavy (non-hydrogen) atoms. The second kappa shape index (κ2) is 8.10. The van der Waals surface area contributed by atoms with Gasteiger partial charge in [0.05, 0.1) is 13.0 Å².